The van der Waals surface area contributed by atoms with Crippen LogP contribution < -0.4 is 5.32 Å². The van der Waals surface area contributed by atoms with Crippen LogP contribution in [0.2, 0.25) is 0 Å². The Labute approximate surface area is 101 Å². The van der Waals surface area contributed by atoms with E-state index in [4.69, 9.17) is 0 Å². The molecule has 0 aliphatic heterocycles. The molecule has 100 valence electrons. The maximum absolute atomic E-state index is 12.3. The predicted molar refractivity (Wildman–Crippen MR) is 52.4 cm³/mol. The lowest BCUT2D eigenvalue weighted by molar-refractivity contribution is -0.176. The Morgan fingerprint density at radius 1 is 1.22 bits per heavy atom. The van der Waals surface area contributed by atoms with Crippen LogP contribution in [0.3, 0.4) is 0 Å². The van der Waals surface area contributed by atoms with E-state index in [-0.39, 0.29) is 17.8 Å². The molecule has 2 N–H and O–H groups in total. The number of rotatable bonds is 2. The third kappa shape index (κ3) is 1.22. The summed E-state index contributed by atoms with van der Waals surface area (Å²) in [4.78, 5) is 22.4. The van der Waals surface area contributed by atoms with Crippen LogP contribution in [-0.4, -0.2) is 29.2 Å². The number of carbonyl (C=O) groups excluding carboxylic acids is 1. The maximum Gasteiger partial charge on any atom is 0.471 e. The van der Waals surface area contributed by atoms with E-state index in [2.05, 4.69) is 0 Å². The van der Waals surface area contributed by atoms with Gasteiger partial charge in [0.25, 0.3) is 0 Å². The van der Waals surface area contributed by atoms with Gasteiger partial charge in [0, 0.05) is 6.04 Å². The smallest absolute Gasteiger partial charge is 0.471 e. The van der Waals surface area contributed by atoms with Crippen LogP contribution in [0.4, 0.5) is 13.2 Å². The van der Waals surface area contributed by atoms with Crippen molar-refractivity contribution in [2.75, 3.05) is 0 Å². The fourth-order valence-corrected chi connectivity index (χ4v) is 4.26. The number of aliphatic carboxylic acids is 1. The average Bonchev–Trinajstić information content (AvgIpc) is 2.86. The van der Waals surface area contributed by atoms with Gasteiger partial charge in [-0.25, -0.2) is 0 Å². The number of hydrogen-bond donors (Lipinski definition) is 2. The zero-order chi connectivity index (χ0) is 13.3. The van der Waals surface area contributed by atoms with Crippen LogP contribution in [-0.2, 0) is 9.59 Å². The van der Waals surface area contributed by atoms with Crippen LogP contribution in [0.5, 0.6) is 0 Å². The van der Waals surface area contributed by atoms with Crippen LogP contribution in [0, 0.1) is 23.2 Å². The Kier molecular flexibility index (Phi) is 2.09. The number of halogens is 3. The van der Waals surface area contributed by atoms with Gasteiger partial charge < -0.3 is 10.4 Å². The normalized spacial score (nSPS) is 44.6. The second kappa shape index (κ2) is 3.19. The van der Waals surface area contributed by atoms with Crippen molar-refractivity contribution >= 4 is 11.9 Å². The molecule has 0 heterocycles. The number of carboxylic acid groups (broad SMARTS) is 1. The van der Waals surface area contributed by atoms with Crippen LogP contribution in [0.1, 0.15) is 19.3 Å². The molecule has 5 atom stereocenters. The molecule has 7 heteroatoms. The molecule has 0 saturated heterocycles. The van der Waals surface area contributed by atoms with Crippen molar-refractivity contribution in [2.24, 2.45) is 23.2 Å². The average molecular weight is 263 g/mol. The summed E-state index contributed by atoms with van der Waals surface area (Å²) in [6, 6.07) is -0.854. The van der Waals surface area contributed by atoms with E-state index >= 15 is 0 Å². The quantitative estimate of drug-likeness (QED) is 0.785. The minimum atomic E-state index is -4.95. The summed E-state index contributed by atoms with van der Waals surface area (Å²) in [5.74, 6) is -3.31. The monoisotopic (exact) mass is 263 g/mol. The van der Waals surface area contributed by atoms with Crippen molar-refractivity contribution in [1.82, 2.24) is 5.32 Å². The summed E-state index contributed by atoms with van der Waals surface area (Å²) in [5, 5.41) is 11.2. The second-order valence-corrected chi connectivity index (χ2v) is 5.47. The molecule has 0 radical (unpaired) electrons. The summed E-state index contributed by atoms with van der Waals surface area (Å²) >= 11 is 0. The molecule has 0 spiro atoms. The molecule has 0 aromatic rings. The van der Waals surface area contributed by atoms with E-state index in [9.17, 15) is 27.9 Å². The van der Waals surface area contributed by atoms with Gasteiger partial charge >= 0.3 is 18.1 Å². The van der Waals surface area contributed by atoms with E-state index in [1.54, 1.807) is 0 Å². The number of hydrogen-bond acceptors (Lipinski definition) is 2. The highest BCUT2D eigenvalue weighted by Crippen LogP contribution is 2.75. The third-order valence-electron chi connectivity index (χ3n) is 4.91. The molecule has 4 rings (SSSR count). The molecule has 4 bridgehead atoms. The standard InChI is InChI=1S/C11H12F3NO3/c12-11(13,14)8(16)15-7-4-1-2-5-6(3-4)10(5,7)9(17)18/h4-7H,1-3H2,(H,15,16)(H,17,18). The first kappa shape index (κ1) is 11.8. The zero-order valence-corrected chi connectivity index (χ0v) is 9.33. The lowest BCUT2D eigenvalue weighted by Crippen LogP contribution is -2.53. The van der Waals surface area contributed by atoms with Gasteiger partial charge in [-0.1, -0.05) is 0 Å². The van der Waals surface area contributed by atoms with Gasteiger partial charge in [-0.05, 0) is 37.0 Å². The Balaban J connectivity index is 1.84. The number of fused-ring (bicyclic) bond motifs is 1. The van der Waals surface area contributed by atoms with Crippen LogP contribution >= 0.6 is 0 Å². The van der Waals surface area contributed by atoms with Crippen LogP contribution in [0.25, 0.3) is 0 Å². The van der Waals surface area contributed by atoms with E-state index < -0.39 is 29.5 Å². The predicted octanol–water partition coefficient (Wildman–Crippen LogP) is 1.16. The summed E-state index contributed by atoms with van der Waals surface area (Å²) < 4.78 is 36.8. The van der Waals surface area contributed by atoms with Crippen molar-refractivity contribution in [3.05, 3.63) is 0 Å². The van der Waals surface area contributed by atoms with Crippen molar-refractivity contribution in [3.63, 3.8) is 0 Å². The van der Waals surface area contributed by atoms with Crippen molar-refractivity contribution in [2.45, 2.75) is 31.5 Å². The second-order valence-electron chi connectivity index (χ2n) is 5.47. The van der Waals surface area contributed by atoms with Crippen molar-refractivity contribution < 1.29 is 27.9 Å². The highest BCUT2D eigenvalue weighted by molar-refractivity contribution is 5.86. The van der Waals surface area contributed by atoms with E-state index in [0.717, 1.165) is 6.42 Å². The topological polar surface area (TPSA) is 66.4 Å². The Morgan fingerprint density at radius 2 is 1.89 bits per heavy atom. The maximum atomic E-state index is 12.3. The fourth-order valence-electron chi connectivity index (χ4n) is 4.26. The fraction of sp³-hybridized carbons (Fsp3) is 0.818. The highest BCUT2D eigenvalue weighted by Gasteiger charge is 2.80. The number of amides is 1. The molecule has 4 fully saturated rings. The van der Waals surface area contributed by atoms with Gasteiger partial charge in [-0.15, -0.1) is 0 Å². The van der Waals surface area contributed by atoms with Gasteiger partial charge in [-0.2, -0.15) is 13.2 Å². The molecule has 4 aliphatic carbocycles. The van der Waals surface area contributed by atoms with Gasteiger partial charge in [0.1, 0.15) is 0 Å². The van der Waals surface area contributed by atoms with E-state index in [1.807, 2.05) is 5.32 Å². The Bertz CT molecular complexity index is 430. The molecule has 5 unspecified atom stereocenters. The first-order chi connectivity index (χ1) is 8.29. The Morgan fingerprint density at radius 3 is 2.39 bits per heavy atom. The summed E-state index contributed by atoms with van der Waals surface area (Å²) in [6.07, 6.45) is -2.87. The highest BCUT2D eigenvalue weighted by atomic mass is 19.4. The molecule has 0 aromatic carbocycles. The third-order valence-corrected chi connectivity index (χ3v) is 4.91. The number of carboxylic acids is 1. The van der Waals surface area contributed by atoms with Gasteiger partial charge in [0.05, 0.1) is 5.41 Å². The number of alkyl halides is 3. The van der Waals surface area contributed by atoms with Crippen molar-refractivity contribution in [3.8, 4) is 0 Å². The first-order valence-electron chi connectivity index (χ1n) is 5.90. The minimum absolute atomic E-state index is 0.0488. The molecule has 4 nitrogen and oxygen atoms in total. The summed E-state index contributed by atoms with van der Waals surface area (Å²) in [7, 11) is 0. The SMILES string of the molecule is O=C(NC1C2CCC3C(C2)C31C(=O)O)C(F)(F)F. The first-order valence-corrected chi connectivity index (χ1v) is 5.90. The summed E-state index contributed by atoms with van der Waals surface area (Å²) in [6.45, 7) is 0. The lowest BCUT2D eigenvalue weighted by Gasteiger charge is -2.34. The minimum Gasteiger partial charge on any atom is -0.481 e. The molecule has 1 amide bonds. The zero-order valence-electron chi connectivity index (χ0n) is 9.33. The van der Waals surface area contributed by atoms with Crippen LogP contribution in [0.15, 0.2) is 0 Å². The Hall–Kier alpha value is -1.27. The molecule has 4 saturated carbocycles. The van der Waals surface area contributed by atoms with Gasteiger partial charge in [0.15, 0.2) is 0 Å². The van der Waals surface area contributed by atoms with E-state index in [0.29, 0.717) is 12.8 Å². The molecule has 0 aromatic heterocycles. The number of nitrogens with one attached hydrogen (secondary N) is 1. The number of carbonyl (C=O) groups is 2. The summed E-state index contributed by atoms with van der Waals surface area (Å²) in [5.41, 5.74) is -1.12. The molecular weight excluding hydrogens is 251 g/mol. The largest absolute Gasteiger partial charge is 0.481 e. The van der Waals surface area contributed by atoms with Crippen molar-refractivity contribution in [1.29, 1.82) is 0 Å². The molecule has 18 heavy (non-hydrogen) atoms. The lowest BCUT2D eigenvalue weighted by atomic mass is 9.77. The molecular formula is C11H12F3NO3. The van der Waals surface area contributed by atoms with Gasteiger partial charge in [0.2, 0.25) is 0 Å². The van der Waals surface area contributed by atoms with E-state index in [1.165, 1.54) is 0 Å². The molecule has 4 aliphatic rings. The van der Waals surface area contributed by atoms with Gasteiger partial charge in [-0.3, -0.25) is 9.59 Å².